The number of hydrogen-bond donors (Lipinski definition) is 0. The molecule has 1 atom stereocenters. The minimum absolute atomic E-state index is 0.191. The van der Waals surface area contributed by atoms with Gasteiger partial charge in [0.15, 0.2) is 5.78 Å². The Morgan fingerprint density at radius 3 is 2.91 bits per heavy atom. The average molecular weight is 333 g/mol. The first kappa shape index (κ1) is 14.0. The van der Waals surface area contributed by atoms with E-state index in [0.29, 0.717) is 22.4 Å². The minimum atomic E-state index is 0.191. The average Bonchev–Trinajstić information content (AvgIpc) is 2.49. The predicted molar refractivity (Wildman–Crippen MR) is 89.0 cm³/mol. The monoisotopic (exact) mass is 332 g/mol. The predicted octanol–water partition coefficient (Wildman–Crippen LogP) is 4.18. The highest BCUT2D eigenvalue weighted by molar-refractivity contribution is 6.38. The Bertz CT molecular complexity index is 816. The largest absolute Gasteiger partial charge is 0.367 e. The number of hydrogen-bond acceptors (Lipinski definition) is 3. The lowest BCUT2D eigenvalue weighted by Crippen LogP contribution is -2.46. The van der Waals surface area contributed by atoms with Crippen molar-refractivity contribution >= 4 is 46.0 Å². The van der Waals surface area contributed by atoms with Crippen molar-refractivity contribution in [3.63, 3.8) is 0 Å². The molecular weight excluding hydrogens is 319 g/mol. The highest BCUT2D eigenvalue weighted by Crippen LogP contribution is 2.35. The quantitative estimate of drug-likeness (QED) is 0.785. The van der Waals surface area contributed by atoms with Crippen molar-refractivity contribution in [3.8, 4) is 0 Å². The Labute approximate surface area is 138 Å². The zero-order valence-corrected chi connectivity index (χ0v) is 13.4. The van der Waals surface area contributed by atoms with Gasteiger partial charge < -0.3 is 4.90 Å². The molecule has 5 heteroatoms. The first-order valence-electron chi connectivity index (χ1n) is 7.34. The lowest BCUT2D eigenvalue weighted by atomic mass is 9.84. The molecule has 3 aliphatic heterocycles. The molecule has 3 saturated heterocycles. The second kappa shape index (κ2) is 5.25. The number of allylic oxidation sites excluding steroid dienone is 1. The van der Waals surface area contributed by atoms with Gasteiger partial charge in [-0.25, -0.2) is 0 Å². The van der Waals surface area contributed by atoms with Gasteiger partial charge in [0, 0.05) is 34.8 Å². The molecule has 0 spiro atoms. The third-order valence-electron chi connectivity index (χ3n) is 4.53. The van der Waals surface area contributed by atoms with E-state index in [4.69, 9.17) is 23.2 Å². The summed E-state index contributed by atoms with van der Waals surface area (Å²) in [6.07, 6.45) is 5.72. The number of nitrogens with zero attached hydrogens (tertiary/aromatic N) is 2. The molecule has 3 aliphatic rings. The number of halogens is 2. The van der Waals surface area contributed by atoms with Gasteiger partial charge in [0.2, 0.25) is 0 Å². The summed E-state index contributed by atoms with van der Waals surface area (Å²) < 4.78 is 0. The first-order chi connectivity index (χ1) is 10.6. The van der Waals surface area contributed by atoms with Crippen LogP contribution in [0.5, 0.6) is 0 Å². The summed E-state index contributed by atoms with van der Waals surface area (Å²) in [5, 5.41) is 2.11. The maximum Gasteiger partial charge on any atom is 0.155 e. The molecule has 1 aromatic heterocycles. The van der Waals surface area contributed by atoms with Gasteiger partial charge in [0.25, 0.3) is 0 Å². The van der Waals surface area contributed by atoms with E-state index >= 15 is 0 Å². The number of fused-ring (bicyclic) bond motifs is 4. The summed E-state index contributed by atoms with van der Waals surface area (Å²) in [5.74, 6) is 0.561. The fourth-order valence-corrected chi connectivity index (χ4v) is 3.91. The molecule has 22 heavy (non-hydrogen) atoms. The van der Waals surface area contributed by atoms with Gasteiger partial charge in [-0.15, -0.1) is 0 Å². The number of ketones is 1. The Balaban J connectivity index is 1.82. The molecule has 2 bridgehead atoms. The van der Waals surface area contributed by atoms with Crippen LogP contribution in [0, 0.1) is 5.92 Å². The van der Waals surface area contributed by atoms with Crippen LogP contribution in [0.4, 0.5) is 0 Å². The number of benzene rings is 1. The second-order valence-electron chi connectivity index (χ2n) is 5.90. The lowest BCUT2D eigenvalue weighted by molar-refractivity contribution is -0.128. The zero-order chi connectivity index (χ0) is 15.3. The lowest BCUT2D eigenvalue weighted by Gasteiger charge is -2.41. The number of rotatable bonds is 1. The first-order valence-corrected chi connectivity index (χ1v) is 8.09. The molecule has 3 fully saturated rings. The molecule has 0 amide bonds. The van der Waals surface area contributed by atoms with Crippen molar-refractivity contribution in [1.29, 1.82) is 0 Å². The van der Waals surface area contributed by atoms with Gasteiger partial charge in [-0.1, -0.05) is 23.2 Å². The summed E-state index contributed by atoms with van der Waals surface area (Å²) in [5.41, 5.74) is 3.02. The molecular formula is C17H14Cl2N2O. The van der Waals surface area contributed by atoms with Crippen LogP contribution in [-0.2, 0) is 4.79 Å². The third-order valence-corrected chi connectivity index (χ3v) is 5.04. The van der Waals surface area contributed by atoms with Gasteiger partial charge >= 0.3 is 0 Å². The van der Waals surface area contributed by atoms with Crippen molar-refractivity contribution in [1.82, 2.24) is 9.88 Å². The van der Waals surface area contributed by atoms with Crippen LogP contribution in [0.1, 0.15) is 18.4 Å². The third kappa shape index (κ3) is 2.29. The van der Waals surface area contributed by atoms with Gasteiger partial charge in [-0.05, 0) is 42.7 Å². The fourth-order valence-electron chi connectivity index (χ4n) is 3.37. The van der Waals surface area contributed by atoms with E-state index in [1.165, 1.54) is 5.70 Å². The Morgan fingerprint density at radius 1 is 1.32 bits per heavy atom. The zero-order valence-electron chi connectivity index (χ0n) is 11.9. The van der Waals surface area contributed by atoms with Crippen molar-refractivity contribution < 1.29 is 4.79 Å². The second-order valence-corrected chi connectivity index (χ2v) is 6.74. The van der Waals surface area contributed by atoms with Crippen molar-refractivity contribution in [3.05, 3.63) is 45.7 Å². The van der Waals surface area contributed by atoms with Crippen LogP contribution in [0.15, 0.2) is 30.1 Å². The Kier molecular flexibility index (Phi) is 3.35. The Morgan fingerprint density at radius 2 is 2.18 bits per heavy atom. The molecule has 0 aliphatic carbocycles. The van der Waals surface area contributed by atoms with Gasteiger partial charge in [0.05, 0.1) is 17.1 Å². The maximum atomic E-state index is 11.8. The van der Waals surface area contributed by atoms with E-state index in [9.17, 15) is 4.79 Å². The van der Waals surface area contributed by atoms with E-state index in [1.807, 2.05) is 12.1 Å². The number of carbonyl (C=O) groups excluding carboxylic acids is 1. The Hall–Kier alpha value is -1.58. The summed E-state index contributed by atoms with van der Waals surface area (Å²) >= 11 is 12.4. The van der Waals surface area contributed by atoms with Crippen LogP contribution in [0.25, 0.3) is 17.0 Å². The van der Waals surface area contributed by atoms with Crippen molar-refractivity contribution in [2.45, 2.75) is 12.8 Å². The summed E-state index contributed by atoms with van der Waals surface area (Å²) in [6, 6.07) is 5.57. The molecule has 2 aromatic rings. The van der Waals surface area contributed by atoms with Crippen LogP contribution in [0.3, 0.4) is 0 Å². The molecule has 0 N–H and O–H groups in total. The normalized spacial score (nSPS) is 22.8. The van der Waals surface area contributed by atoms with Crippen molar-refractivity contribution in [2.24, 2.45) is 5.92 Å². The highest BCUT2D eigenvalue weighted by atomic mass is 35.5. The minimum Gasteiger partial charge on any atom is -0.367 e. The molecule has 112 valence electrons. The van der Waals surface area contributed by atoms with Gasteiger partial charge in [-0.2, -0.15) is 0 Å². The van der Waals surface area contributed by atoms with Crippen LogP contribution < -0.4 is 0 Å². The van der Waals surface area contributed by atoms with Crippen LogP contribution >= 0.6 is 23.2 Å². The molecule has 4 heterocycles. The number of Topliss-reactive ketones (excluding diaryl/α,β-unsaturated/α-hetero) is 1. The molecule has 5 rings (SSSR count). The highest BCUT2D eigenvalue weighted by Gasteiger charge is 2.35. The fraction of sp³-hybridized carbons (Fsp3) is 0.294. The number of carbonyl (C=O) groups is 1. The number of piperidine rings is 3. The van der Waals surface area contributed by atoms with Crippen LogP contribution in [0.2, 0.25) is 10.0 Å². The summed E-state index contributed by atoms with van der Waals surface area (Å²) in [4.78, 5) is 18.4. The van der Waals surface area contributed by atoms with Crippen molar-refractivity contribution in [2.75, 3.05) is 13.1 Å². The van der Waals surface area contributed by atoms with E-state index in [-0.39, 0.29) is 5.92 Å². The van der Waals surface area contributed by atoms with Crippen LogP contribution in [-0.4, -0.2) is 28.8 Å². The van der Waals surface area contributed by atoms with E-state index in [0.717, 1.165) is 35.9 Å². The van der Waals surface area contributed by atoms with E-state index < -0.39 is 0 Å². The van der Waals surface area contributed by atoms with Gasteiger partial charge in [-0.3, -0.25) is 9.78 Å². The molecule has 3 nitrogen and oxygen atoms in total. The molecule has 0 radical (unpaired) electrons. The summed E-state index contributed by atoms with van der Waals surface area (Å²) in [6.45, 7) is 1.51. The number of pyridine rings is 1. The molecule has 0 saturated carbocycles. The SMILES string of the molecule is O=C1CN2CC[C@@H]1C/C2=C/c1ccnc2c(Cl)cc(Cl)cc12. The molecule has 0 unspecified atom stereocenters. The van der Waals surface area contributed by atoms with Gasteiger partial charge in [0.1, 0.15) is 0 Å². The number of aromatic nitrogens is 1. The van der Waals surface area contributed by atoms with E-state index in [1.54, 1.807) is 12.3 Å². The maximum absolute atomic E-state index is 11.8. The smallest absolute Gasteiger partial charge is 0.155 e. The topological polar surface area (TPSA) is 33.2 Å². The standard InChI is InChI=1S/C17H14Cl2N2O/c18-12-7-14-10(1-3-20-17(14)15(19)8-12)5-13-6-11-2-4-21(13)9-16(11)22/h1,3,5,7-8,11H,2,4,6,9H2/b13-5-/t11-/m1/s1. The van der Waals surface area contributed by atoms with E-state index in [2.05, 4.69) is 16.0 Å². The summed E-state index contributed by atoms with van der Waals surface area (Å²) in [7, 11) is 0. The molecule has 1 aromatic carbocycles.